The van der Waals surface area contributed by atoms with Crippen molar-refractivity contribution in [3.05, 3.63) is 99.8 Å². The lowest BCUT2D eigenvalue weighted by Crippen LogP contribution is -2.45. The summed E-state index contributed by atoms with van der Waals surface area (Å²) in [5, 5.41) is 10.8. The molecule has 4 rings (SSSR count). The highest BCUT2D eigenvalue weighted by Crippen LogP contribution is 2.35. The standard InChI is InChI=1S/C33H39ClN4O2.C5H12/c1-23(2)19-28-13-12-27(20-30(28)34)24(3)37-31(35-4)26-10-8-25(9-11-26)22-38-17-14-33(15-18-38,32(39)40)21-29-7-5-6-16-36-29;1-5(2,3)4/h5-13,16,20,23H,14-15,17-19,21-22H2,1-4H3,(H,39,40);1-4H3. The summed E-state index contributed by atoms with van der Waals surface area (Å²) in [4.78, 5) is 28.2. The van der Waals surface area contributed by atoms with Crippen LogP contribution in [0.15, 0.2) is 76.8 Å². The number of aliphatic imine (C=N–C) groups is 2. The number of benzene rings is 2. The Morgan fingerprint density at radius 1 is 1.02 bits per heavy atom. The fourth-order valence-corrected chi connectivity index (χ4v) is 5.57. The van der Waals surface area contributed by atoms with E-state index in [9.17, 15) is 9.90 Å². The molecule has 6 nitrogen and oxygen atoms in total. The molecule has 3 aromatic rings. The maximum Gasteiger partial charge on any atom is 0.310 e. The van der Waals surface area contributed by atoms with Gasteiger partial charge in [0.1, 0.15) is 0 Å². The van der Waals surface area contributed by atoms with Gasteiger partial charge in [0.2, 0.25) is 0 Å². The highest BCUT2D eigenvalue weighted by Gasteiger charge is 2.41. The van der Waals surface area contributed by atoms with Crippen LogP contribution in [0.5, 0.6) is 0 Å². The first-order valence-electron chi connectivity index (χ1n) is 15.9. The third kappa shape index (κ3) is 11.5. The number of likely N-dealkylation sites (tertiary alicyclic amines) is 1. The van der Waals surface area contributed by atoms with Gasteiger partial charge in [0.05, 0.1) is 5.41 Å². The van der Waals surface area contributed by atoms with E-state index in [-0.39, 0.29) is 0 Å². The Bertz CT molecular complexity index is 1440. The molecular weight excluding hydrogens is 580 g/mol. The number of piperidine rings is 1. The van der Waals surface area contributed by atoms with Crippen molar-refractivity contribution in [2.75, 3.05) is 20.1 Å². The van der Waals surface area contributed by atoms with E-state index in [0.717, 1.165) is 59.2 Å². The van der Waals surface area contributed by atoms with Crippen molar-refractivity contribution in [3.63, 3.8) is 0 Å². The second-order valence-electron chi connectivity index (χ2n) is 14.2. The lowest BCUT2D eigenvalue weighted by molar-refractivity contribution is -0.152. The molecule has 1 fully saturated rings. The summed E-state index contributed by atoms with van der Waals surface area (Å²) in [5.74, 6) is 0.494. The average molecular weight is 631 g/mol. The van der Waals surface area contributed by atoms with Crippen LogP contribution >= 0.6 is 11.6 Å². The second-order valence-corrected chi connectivity index (χ2v) is 14.6. The second kappa shape index (κ2) is 16.3. The topological polar surface area (TPSA) is 78.2 Å². The third-order valence-electron chi connectivity index (χ3n) is 7.72. The van der Waals surface area contributed by atoms with Crippen molar-refractivity contribution in [3.8, 4) is 0 Å². The summed E-state index contributed by atoms with van der Waals surface area (Å²) in [5.41, 5.74) is 5.72. The van der Waals surface area contributed by atoms with Crippen LogP contribution in [0.2, 0.25) is 5.02 Å². The molecule has 2 aromatic carbocycles. The number of aromatic nitrogens is 1. The number of pyridine rings is 1. The van der Waals surface area contributed by atoms with Gasteiger partial charge in [0, 0.05) is 48.2 Å². The molecule has 0 spiro atoms. The van der Waals surface area contributed by atoms with Gasteiger partial charge in [-0.2, -0.15) is 0 Å². The van der Waals surface area contributed by atoms with Crippen LogP contribution < -0.4 is 0 Å². The molecule has 0 bridgehead atoms. The molecule has 7 heteroatoms. The Morgan fingerprint density at radius 2 is 1.64 bits per heavy atom. The van der Waals surface area contributed by atoms with E-state index in [1.807, 2.05) is 31.2 Å². The molecular formula is C38H51ClN4O2. The number of hydrogen-bond acceptors (Lipinski definition) is 4. The maximum atomic E-state index is 12.2. The first-order chi connectivity index (χ1) is 21.2. The first-order valence-corrected chi connectivity index (χ1v) is 16.3. The van der Waals surface area contributed by atoms with Gasteiger partial charge in [-0.05, 0) is 85.5 Å². The number of hydrogen-bond donors (Lipinski definition) is 1. The molecule has 1 aliphatic heterocycles. The number of rotatable bonds is 9. The van der Waals surface area contributed by atoms with E-state index in [1.165, 1.54) is 5.56 Å². The minimum absolute atomic E-state index is 0.471. The molecule has 242 valence electrons. The summed E-state index contributed by atoms with van der Waals surface area (Å²) >= 11 is 6.55. The SMILES string of the molecule is CC(C)(C)C.CN=C(N=C(C)c1ccc(CC(C)C)c(Cl)c1)c1ccc(CN2CCC(Cc3ccccn3)(C(=O)O)CC2)cc1. The van der Waals surface area contributed by atoms with E-state index >= 15 is 0 Å². The van der Waals surface area contributed by atoms with E-state index in [4.69, 9.17) is 16.6 Å². The average Bonchev–Trinajstić information content (AvgIpc) is 2.98. The first kappa shape index (κ1) is 36.1. The zero-order valence-corrected chi connectivity index (χ0v) is 29.2. The zero-order valence-electron chi connectivity index (χ0n) is 28.4. The van der Waals surface area contributed by atoms with E-state index in [1.54, 1.807) is 13.2 Å². The van der Waals surface area contributed by atoms with Crippen LogP contribution in [0.3, 0.4) is 0 Å². The number of nitrogens with zero attached hydrogens (tertiary/aromatic N) is 4. The van der Waals surface area contributed by atoms with Crippen LogP contribution in [-0.2, 0) is 24.2 Å². The number of carboxylic acids is 1. The van der Waals surface area contributed by atoms with E-state index in [2.05, 4.69) is 92.8 Å². The summed E-state index contributed by atoms with van der Waals surface area (Å²) in [6.07, 6.45) is 4.37. The molecule has 0 atom stereocenters. The van der Waals surface area contributed by atoms with Gasteiger partial charge in [-0.3, -0.25) is 19.7 Å². The molecule has 1 N–H and O–H groups in total. The number of halogens is 1. The zero-order chi connectivity index (χ0) is 33.2. The lowest BCUT2D eigenvalue weighted by Gasteiger charge is -2.38. The largest absolute Gasteiger partial charge is 0.481 e. The molecule has 0 amide bonds. The number of carbonyl (C=O) groups is 1. The highest BCUT2D eigenvalue weighted by atomic mass is 35.5. The van der Waals surface area contributed by atoms with Crippen LogP contribution in [0.1, 0.15) is 89.3 Å². The minimum Gasteiger partial charge on any atom is -0.481 e. The van der Waals surface area contributed by atoms with Gasteiger partial charge in [-0.15, -0.1) is 0 Å². The molecule has 0 unspecified atom stereocenters. The third-order valence-corrected chi connectivity index (χ3v) is 8.07. The number of amidine groups is 1. The molecule has 0 saturated carbocycles. The fourth-order valence-electron chi connectivity index (χ4n) is 5.32. The summed E-state index contributed by atoms with van der Waals surface area (Å²) in [6.45, 7) is 17.4. The summed E-state index contributed by atoms with van der Waals surface area (Å²) in [7, 11) is 1.76. The smallest absolute Gasteiger partial charge is 0.310 e. The molecule has 45 heavy (non-hydrogen) atoms. The molecule has 0 radical (unpaired) electrons. The van der Waals surface area contributed by atoms with E-state index < -0.39 is 11.4 Å². The monoisotopic (exact) mass is 630 g/mol. The Kier molecular flexibility index (Phi) is 13.1. The van der Waals surface area contributed by atoms with Crippen LogP contribution in [-0.4, -0.2) is 52.6 Å². The normalized spacial score (nSPS) is 15.9. The Morgan fingerprint density at radius 3 is 2.16 bits per heavy atom. The molecule has 1 saturated heterocycles. The maximum absolute atomic E-state index is 12.2. The van der Waals surface area contributed by atoms with E-state index in [0.29, 0.717) is 36.4 Å². The van der Waals surface area contributed by atoms with Crippen molar-refractivity contribution in [2.24, 2.45) is 26.7 Å². The number of carboxylic acid groups (broad SMARTS) is 1. The molecule has 2 heterocycles. The predicted octanol–water partition coefficient (Wildman–Crippen LogP) is 8.78. The van der Waals surface area contributed by atoms with Crippen LogP contribution in [0, 0.1) is 16.7 Å². The van der Waals surface area contributed by atoms with Gasteiger partial charge < -0.3 is 5.11 Å². The Labute approximate surface area is 275 Å². The van der Waals surface area contributed by atoms with Gasteiger partial charge >= 0.3 is 5.97 Å². The van der Waals surface area contributed by atoms with Gasteiger partial charge in [-0.1, -0.05) is 95.6 Å². The predicted molar refractivity (Wildman–Crippen MR) is 189 cm³/mol. The highest BCUT2D eigenvalue weighted by molar-refractivity contribution is 6.31. The quantitative estimate of drug-likeness (QED) is 0.189. The summed E-state index contributed by atoms with van der Waals surface area (Å²) < 4.78 is 0. The number of aliphatic carboxylic acids is 1. The van der Waals surface area contributed by atoms with Crippen LogP contribution in [0.25, 0.3) is 0 Å². The van der Waals surface area contributed by atoms with Crippen molar-refractivity contribution in [1.82, 2.24) is 9.88 Å². The minimum atomic E-state index is -0.754. The molecule has 0 aliphatic carbocycles. The van der Waals surface area contributed by atoms with Crippen molar-refractivity contribution >= 4 is 29.1 Å². The Hall–Kier alpha value is -3.35. The van der Waals surface area contributed by atoms with Crippen molar-refractivity contribution in [1.29, 1.82) is 0 Å². The molecule has 1 aliphatic rings. The summed E-state index contributed by atoms with van der Waals surface area (Å²) in [6, 6.07) is 20.2. The van der Waals surface area contributed by atoms with Crippen molar-refractivity contribution in [2.45, 2.75) is 80.7 Å². The Balaban J connectivity index is 0.00000102. The van der Waals surface area contributed by atoms with Crippen molar-refractivity contribution < 1.29 is 9.90 Å². The fraction of sp³-hybridized carbons (Fsp3) is 0.474. The van der Waals surface area contributed by atoms with Crippen LogP contribution in [0.4, 0.5) is 0 Å². The molecule has 1 aromatic heterocycles. The van der Waals surface area contributed by atoms with Gasteiger partial charge in [0.15, 0.2) is 5.84 Å². The van der Waals surface area contributed by atoms with Gasteiger partial charge in [-0.25, -0.2) is 4.99 Å². The van der Waals surface area contributed by atoms with Gasteiger partial charge in [0.25, 0.3) is 0 Å². The lowest BCUT2D eigenvalue weighted by atomic mass is 9.74.